The monoisotopic (exact) mass is 312 g/mol. The van der Waals surface area contributed by atoms with Crippen molar-refractivity contribution >= 4 is 23.3 Å². The maximum atomic E-state index is 12.0. The molecule has 1 heterocycles. The lowest BCUT2D eigenvalue weighted by Crippen LogP contribution is -2.37. The van der Waals surface area contributed by atoms with Gasteiger partial charge in [-0.15, -0.1) is 0 Å². The van der Waals surface area contributed by atoms with E-state index in [1.165, 1.54) is 17.4 Å². The number of rotatable bonds is 6. The van der Waals surface area contributed by atoms with Crippen LogP contribution < -0.4 is 22.3 Å². The fourth-order valence-corrected chi connectivity index (χ4v) is 3.84. The molecule has 1 aromatic rings. The maximum Gasteiger partial charge on any atom is 0.330 e. The van der Waals surface area contributed by atoms with E-state index in [-0.39, 0.29) is 10.6 Å². The van der Waals surface area contributed by atoms with Crippen LogP contribution in [-0.2, 0) is 6.54 Å². The van der Waals surface area contributed by atoms with Gasteiger partial charge in [0.2, 0.25) is 0 Å². The van der Waals surface area contributed by atoms with Crippen molar-refractivity contribution in [2.24, 2.45) is 0 Å². The van der Waals surface area contributed by atoms with Gasteiger partial charge in [0.05, 0.1) is 0 Å². The van der Waals surface area contributed by atoms with Crippen LogP contribution in [0.15, 0.2) is 9.59 Å². The third-order valence-corrected chi connectivity index (χ3v) is 5.64. The Bertz CT molecular complexity index is 602. The molecule has 1 aromatic heterocycles. The molecule has 118 valence electrons. The summed E-state index contributed by atoms with van der Waals surface area (Å²) >= 11 is 1.84. The highest BCUT2D eigenvalue weighted by molar-refractivity contribution is 8.00. The van der Waals surface area contributed by atoms with Gasteiger partial charge in [-0.3, -0.25) is 14.3 Å². The molecule has 0 bridgehead atoms. The molecule has 0 amide bonds. The van der Waals surface area contributed by atoms with Crippen molar-refractivity contribution in [1.82, 2.24) is 9.55 Å². The van der Waals surface area contributed by atoms with Crippen molar-refractivity contribution < 1.29 is 0 Å². The molecule has 0 atom stereocenters. The minimum Gasteiger partial charge on any atom is -0.383 e. The van der Waals surface area contributed by atoms with Gasteiger partial charge in [0.15, 0.2) is 0 Å². The third-order valence-electron chi connectivity index (χ3n) is 4.22. The Labute approximate surface area is 128 Å². The molecular weight excluding hydrogens is 288 g/mol. The summed E-state index contributed by atoms with van der Waals surface area (Å²) in [4.78, 5) is 26.1. The molecule has 0 radical (unpaired) electrons. The van der Waals surface area contributed by atoms with Crippen LogP contribution in [0.2, 0.25) is 0 Å². The highest BCUT2D eigenvalue weighted by atomic mass is 32.2. The van der Waals surface area contributed by atoms with Gasteiger partial charge < -0.3 is 11.1 Å². The molecule has 7 heteroatoms. The number of nitrogen functional groups attached to an aromatic ring is 1. The second-order valence-corrected chi connectivity index (χ2v) is 6.89. The Hall–Kier alpha value is -1.37. The minimum atomic E-state index is -0.439. The van der Waals surface area contributed by atoms with Crippen LogP contribution in [0.1, 0.15) is 39.0 Å². The van der Waals surface area contributed by atoms with E-state index in [0.29, 0.717) is 18.8 Å². The molecule has 0 unspecified atom stereocenters. The first-order chi connectivity index (χ1) is 10.0. The topological polar surface area (TPSA) is 92.9 Å². The number of hydrogen-bond donors (Lipinski definition) is 3. The lowest BCUT2D eigenvalue weighted by atomic mass is 10.1. The summed E-state index contributed by atoms with van der Waals surface area (Å²) in [5.74, 6) is 0.236. The van der Waals surface area contributed by atoms with Crippen LogP contribution in [-0.4, -0.2) is 27.1 Å². The van der Waals surface area contributed by atoms with E-state index in [9.17, 15) is 9.59 Å². The first kappa shape index (κ1) is 16.0. The van der Waals surface area contributed by atoms with Crippen LogP contribution in [0.5, 0.6) is 0 Å². The van der Waals surface area contributed by atoms with E-state index in [0.717, 1.165) is 19.3 Å². The zero-order valence-electron chi connectivity index (χ0n) is 12.7. The van der Waals surface area contributed by atoms with Crippen LogP contribution in [0.3, 0.4) is 0 Å². The highest BCUT2D eigenvalue weighted by Gasteiger charge is 2.33. The van der Waals surface area contributed by atoms with Gasteiger partial charge in [0.25, 0.3) is 5.56 Å². The third kappa shape index (κ3) is 3.28. The van der Waals surface area contributed by atoms with Crippen molar-refractivity contribution in [2.45, 2.75) is 50.3 Å². The number of nitrogens with zero attached hydrogens (tertiary/aromatic N) is 1. The van der Waals surface area contributed by atoms with Gasteiger partial charge in [0, 0.05) is 17.8 Å². The summed E-state index contributed by atoms with van der Waals surface area (Å²) in [7, 11) is 0. The number of thioether (sulfide) groups is 1. The molecule has 4 N–H and O–H groups in total. The zero-order valence-corrected chi connectivity index (χ0v) is 13.5. The van der Waals surface area contributed by atoms with E-state index in [1.54, 1.807) is 0 Å². The van der Waals surface area contributed by atoms with Gasteiger partial charge in [-0.05, 0) is 25.5 Å². The van der Waals surface area contributed by atoms with E-state index in [4.69, 9.17) is 5.73 Å². The number of anilines is 2. The summed E-state index contributed by atoms with van der Waals surface area (Å²) in [5, 5.41) is 3.19. The number of nitrogens with one attached hydrogen (secondary N) is 2. The lowest BCUT2D eigenvalue weighted by Gasteiger charge is -2.27. The Balaban J connectivity index is 2.25. The smallest absolute Gasteiger partial charge is 0.330 e. The molecule has 1 aliphatic rings. The van der Waals surface area contributed by atoms with Gasteiger partial charge in [-0.25, -0.2) is 4.79 Å². The van der Waals surface area contributed by atoms with E-state index >= 15 is 0 Å². The summed E-state index contributed by atoms with van der Waals surface area (Å²) in [6.45, 7) is 3.17. The molecule has 2 rings (SSSR count). The molecule has 0 saturated heterocycles. The van der Waals surface area contributed by atoms with E-state index < -0.39 is 11.2 Å². The second kappa shape index (κ2) is 6.60. The average molecular weight is 312 g/mol. The normalized spacial score (nSPS) is 17.0. The Kier molecular flexibility index (Phi) is 5.03. The predicted molar refractivity (Wildman–Crippen MR) is 89.2 cm³/mol. The van der Waals surface area contributed by atoms with Crippen LogP contribution >= 0.6 is 11.8 Å². The molecule has 21 heavy (non-hydrogen) atoms. The number of nitrogens with two attached hydrogens (primary N) is 1. The molecular formula is C14H24N4O2S. The summed E-state index contributed by atoms with van der Waals surface area (Å²) < 4.78 is 1.59. The molecule has 6 nitrogen and oxygen atoms in total. The molecule has 1 fully saturated rings. The largest absolute Gasteiger partial charge is 0.383 e. The van der Waals surface area contributed by atoms with Crippen molar-refractivity contribution in [3.63, 3.8) is 0 Å². The molecule has 1 saturated carbocycles. The minimum absolute atomic E-state index is 0.171. The van der Waals surface area contributed by atoms with Crippen molar-refractivity contribution in [2.75, 3.05) is 23.9 Å². The van der Waals surface area contributed by atoms with Gasteiger partial charge in [-0.1, -0.05) is 19.8 Å². The second-order valence-electron chi connectivity index (χ2n) is 5.62. The van der Waals surface area contributed by atoms with Crippen LogP contribution in [0.25, 0.3) is 0 Å². The Morgan fingerprint density at radius 2 is 2.05 bits per heavy atom. The van der Waals surface area contributed by atoms with E-state index in [2.05, 4.69) is 16.6 Å². The summed E-state index contributed by atoms with van der Waals surface area (Å²) in [5.41, 5.74) is 5.47. The predicted octanol–water partition coefficient (Wildman–Crippen LogP) is 1.62. The fourth-order valence-electron chi connectivity index (χ4n) is 2.93. The Morgan fingerprint density at radius 1 is 1.38 bits per heavy atom. The maximum absolute atomic E-state index is 12.0. The van der Waals surface area contributed by atoms with Gasteiger partial charge in [0.1, 0.15) is 11.5 Å². The van der Waals surface area contributed by atoms with Gasteiger partial charge >= 0.3 is 5.69 Å². The fraction of sp³-hybridized carbons (Fsp3) is 0.714. The average Bonchev–Trinajstić information content (AvgIpc) is 2.92. The van der Waals surface area contributed by atoms with Crippen LogP contribution in [0, 0.1) is 0 Å². The van der Waals surface area contributed by atoms with Crippen molar-refractivity contribution in [3.8, 4) is 0 Å². The van der Waals surface area contributed by atoms with Crippen LogP contribution in [0.4, 0.5) is 11.5 Å². The molecule has 0 spiro atoms. The summed E-state index contributed by atoms with van der Waals surface area (Å²) in [6, 6.07) is 0. The van der Waals surface area contributed by atoms with E-state index in [1.807, 2.05) is 18.7 Å². The first-order valence-corrected chi connectivity index (χ1v) is 8.67. The molecule has 1 aliphatic carbocycles. The molecule has 0 aromatic carbocycles. The lowest BCUT2D eigenvalue weighted by molar-refractivity contribution is 0.629. The Morgan fingerprint density at radius 3 is 2.62 bits per heavy atom. The number of aromatic nitrogens is 2. The molecule has 0 aliphatic heterocycles. The number of aromatic amines is 1. The van der Waals surface area contributed by atoms with Gasteiger partial charge in [-0.2, -0.15) is 11.8 Å². The SMILES string of the molecule is CCCn1c(N)c(NCC2(SC)CCCC2)c(=O)[nH]c1=O. The standard InChI is InChI=1S/C14H24N4O2S/c1-3-8-18-11(15)10(12(19)17-13(18)20)16-9-14(21-2)6-4-5-7-14/h16H,3-9,15H2,1-2H3,(H,17,19,20). The van der Waals surface area contributed by atoms with Crippen molar-refractivity contribution in [1.29, 1.82) is 0 Å². The number of H-pyrrole nitrogens is 1. The summed E-state index contributed by atoms with van der Waals surface area (Å²) in [6.07, 6.45) is 7.64. The van der Waals surface area contributed by atoms with Crippen molar-refractivity contribution in [3.05, 3.63) is 20.8 Å². The highest BCUT2D eigenvalue weighted by Crippen LogP contribution is 2.40. The zero-order chi connectivity index (χ0) is 15.5. The first-order valence-electron chi connectivity index (χ1n) is 7.44. The quantitative estimate of drug-likeness (QED) is 0.742. The number of hydrogen-bond acceptors (Lipinski definition) is 5.